The van der Waals surface area contributed by atoms with Crippen LogP contribution in [0, 0.1) is 13.8 Å². The highest BCUT2D eigenvalue weighted by molar-refractivity contribution is 6.42. The molecule has 0 saturated carbocycles. The number of nitrogens with zero attached hydrogens (tertiary/aromatic N) is 2. The predicted molar refractivity (Wildman–Crippen MR) is 234 cm³/mol. The van der Waals surface area contributed by atoms with Crippen molar-refractivity contribution in [3.63, 3.8) is 0 Å². The topological polar surface area (TPSA) is 127 Å². The maximum Gasteiger partial charge on any atom is 0.326 e. The Balaban J connectivity index is 0.991. The second kappa shape index (κ2) is 17.9. The number of fused-ring (bicyclic) bond motifs is 2. The Hall–Kier alpha value is -6.07. The van der Waals surface area contributed by atoms with Crippen molar-refractivity contribution >= 4 is 52.6 Å². The van der Waals surface area contributed by atoms with Gasteiger partial charge in [-0.1, -0.05) is 83.3 Å². The summed E-state index contributed by atoms with van der Waals surface area (Å²) in [5.41, 5.74) is 8.34. The summed E-state index contributed by atoms with van der Waals surface area (Å²) in [5.74, 6) is -0.534. The Kier molecular flexibility index (Phi) is 12.2. The molecule has 0 unspecified atom stereocenters. The number of rotatable bonds is 11. The van der Waals surface area contributed by atoms with Crippen molar-refractivity contribution in [2.45, 2.75) is 58.0 Å². The Bertz CT molecular complexity index is 2640. The maximum atomic E-state index is 14.2. The van der Waals surface area contributed by atoms with Gasteiger partial charge in [-0.25, -0.2) is 4.79 Å². The van der Waals surface area contributed by atoms with E-state index in [-0.39, 0.29) is 26.0 Å². The standard InChI is InChI=1S/C48H40Cl3N3O7/c1-27-28(2)52-17-16-38(27)31-9-6-29(7-10-31)19-41(48(57)58)53-46(55)42-21-34-22-43-44(23-35(34)24-54(42)47(56)33-4-3-5-36(49)20-33)61-45(26-60-43)32-11-13-37(14-12-32)59-25-30-8-15-39(50)40(51)18-30/h3-18,20,22-23,41-42,45H,19,21,24-26H2,1-2H3,(H,53,55)(H,57,58)/t41-,42-,45+/m0/s1. The number of carboxylic acid groups (broad SMARTS) is 1. The molecule has 1 aromatic heterocycles. The first-order valence-electron chi connectivity index (χ1n) is 19.6. The summed E-state index contributed by atoms with van der Waals surface area (Å²) in [6, 6.07) is 30.3. The molecule has 5 aromatic carbocycles. The highest BCUT2D eigenvalue weighted by Gasteiger charge is 2.38. The van der Waals surface area contributed by atoms with Crippen LogP contribution < -0.4 is 19.5 Å². The van der Waals surface area contributed by atoms with Crippen LogP contribution in [0.1, 0.15) is 55.5 Å². The van der Waals surface area contributed by atoms with E-state index in [1.807, 2.05) is 86.6 Å². The SMILES string of the molecule is Cc1nccc(-c2ccc(C[C@H](NC(=O)[C@@H]3Cc4cc5c(cc4CN3C(=O)c3cccc(Cl)c3)O[C@@H](c3ccc(OCc4ccc(Cl)c(Cl)c4)cc3)CO5)C(=O)O)cc2)c1C. The van der Waals surface area contributed by atoms with Crippen LogP contribution in [0.25, 0.3) is 11.1 Å². The van der Waals surface area contributed by atoms with Gasteiger partial charge < -0.3 is 29.5 Å². The molecule has 8 rings (SSSR count). The van der Waals surface area contributed by atoms with Crippen molar-refractivity contribution < 1.29 is 33.7 Å². The molecular formula is C48H40Cl3N3O7. The fourth-order valence-corrected chi connectivity index (χ4v) is 8.11. The van der Waals surface area contributed by atoms with Crippen LogP contribution in [0.15, 0.2) is 115 Å². The quantitative estimate of drug-likeness (QED) is 0.132. The molecule has 2 N–H and O–H groups in total. The van der Waals surface area contributed by atoms with Gasteiger partial charge in [-0.2, -0.15) is 0 Å². The van der Waals surface area contributed by atoms with Crippen molar-refractivity contribution in [3.8, 4) is 28.4 Å². The Morgan fingerprint density at radius 3 is 2.36 bits per heavy atom. The number of pyridine rings is 1. The molecule has 61 heavy (non-hydrogen) atoms. The number of carboxylic acids is 1. The number of nitrogens with one attached hydrogen (secondary N) is 1. The van der Waals surface area contributed by atoms with Crippen LogP contribution in [0.3, 0.4) is 0 Å². The number of aryl methyl sites for hydroxylation is 1. The fourth-order valence-electron chi connectivity index (χ4n) is 7.60. The molecule has 0 saturated heterocycles. The van der Waals surface area contributed by atoms with Crippen LogP contribution in [0.4, 0.5) is 0 Å². The van der Waals surface area contributed by atoms with Gasteiger partial charge in [0.1, 0.15) is 31.0 Å². The first-order valence-corrected chi connectivity index (χ1v) is 20.8. The molecule has 13 heteroatoms. The summed E-state index contributed by atoms with van der Waals surface area (Å²) in [4.78, 5) is 46.8. The summed E-state index contributed by atoms with van der Waals surface area (Å²) >= 11 is 18.5. The average molecular weight is 877 g/mol. The number of halogens is 3. The first kappa shape index (κ1) is 41.7. The van der Waals surface area contributed by atoms with Crippen molar-refractivity contribution in [2.75, 3.05) is 6.61 Å². The molecule has 2 aliphatic heterocycles. The van der Waals surface area contributed by atoms with Gasteiger partial charge in [0.15, 0.2) is 17.6 Å². The number of aromatic nitrogens is 1. The largest absolute Gasteiger partial charge is 0.489 e. The Morgan fingerprint density at radius 1 is 0.869 bits per heavy atom. The van der Waals surface area contributed by atoms with E-state index in [2.05, 4.69) is 10.3 Å². The zero-order chi connectivity index (χ0) is 42.8. The van der Waals surface area contributed by atoms with Crippen LogP contribution in [-0.2, 0) is 35.6 Å². The first-order chi connectivity index (χ1) is 29.4. The lowest BCUT2D eigenvalue weighted by Gasteiger charge is -2.37. The van der Waals surface area contributed by atoms with Crippen LogP contribution in [-0.4, -0.2) is 51.5 Å². The average Bonchev–Trinajstić information content (AvgIpc) is 3.26. The van der Waals surface area contributed by atoms with Gasteiger partial charge in [-0.3, -0.25) is 14.6 Å². The number of hydrogen-bond acceptors (Lipinski definition) is 7. The van der Waals surface area contributed by atoms with Crippen LogP contribution in [0.5, 0.6) is 17.2 Å². The van der Waals surface area contributed by atoms with E-state index in [0.717, 1.165) is 50.2 Å². The zero-order valence-corrected chi connectivity index (χ0v) is 35.4. The lowest BCUT2D eigenvalue weighted by atomic mass is 9.91. The number of benzene rings is 5. The van der Waals surface area contributed by atoms with Gasteiger partial charge in [0.2, 0.25) is 5.91 Å². The normalized spacial score (nSPS) is 16.0. The molecule has 6 aromatic rings. The van der Waals surface area contributed by atoms with E-state index in [4.69, 9.17) is 49.0 Å². The molecule has 0 aliphatic carbocycles. The summed E-state index contributed by atoms with van der Waals surface area (Å²) in [7, 11) is 0. The third-order valence-corrected chi connectivity index (χ3v) is 12.1. The number of aliphatic carboxylic acids is 1. The summed E-state index contributed by atoms with van der Waals surface area (Å²) in [5, 5.41) is 14.4. The second-order valence-corrected chi connectivity index (χ2v) is 16.4. The van der Waals surface area contributed by atoms with Gasteiger partial charge >= 0.3 is 5.97 Å². The summed E-state index contributed by atoms with van der Waals surface area (Å²) in [6.07, 6.45) is 1.49. The van der Waals surface area contributed by atoms with Gasteiger partial charge in [0.25, 0.3) is 5.91 Å². The van der Waals surface area contributed by atoms with E-state index in [1.165, 1.54) is 4.90 Å². The minimum atomic E-state index is -1.26. The second-order valence-electron chi connectivity index (χ2n) is 15.1. The van der Waals surface area contributed by atoms with Crippen LogP contribution >= 0.6 is 34.8 Å². The van der Waals surface area contributed by atoms with E-state index in [1.54, 1.807) is 42.6 Å². The highest BCUT2D eigenvalue weighted by Crippen LogP contribution is 2.41. The molecule has 0 spiro atoms. The molecule has 10 nitrogen and oxygen atoms in total. The Morgan fingerprint density at radius 2 is 1.62 bits per heavy atom. The molecule has 3 atom stereocenters. The molecule has 310 valence electrons. The lowest BCUT2D eigenvalue weighted by Crippen LogP contribution is -2.56. The lowest BCUT2D eigenvalue weighted by molar-refractivity contribution is -0.142. The monoisotopic (exact) mass is 875 g/mol. The number of amides is 2. The molecule has 0 bridgehead atoms. The van der Waals surface area contributed by atoms with Crippen molar-refractivity contribution in [1.82, 2.24) is 15.2 Å². The van der Waals surface area contributed by atoms with Crippen molar-refractivity contribution in [3.05, 3.63) is 175 Å². The summed E-state index contributed by atoms with van der Waals surface area (Å²) in [6.45, 7) is 4.57. The third-order valence-electron chi connectivity index (χ3n) is 11.1. The molecule has 2 amide bonds. The number of ether oxygens (including phenoxy) is 3. The molecule has 0 radical (unpaired) electrons. The predicted octanol–water partition coefficient (Wildman–Crippen LogP) is 9.80. The summed E-state index contributed by atoms with van der Waals surface area (Å²) < 4.78 is 18.6. The highest BCUT2D eigenvalue weighted by atomic mass is 35.5. The molecule has 2 aliphatic rings. The minimum absolute atomic E-state index is 0.0373. The van der Waals surface area contributed by atoms with E-state index < -0.39 is 36.0 Å². The number of hydrogen-bond donors (Lipinski definition) is 2. The number of carbonyl (C=O) groups excluding carboxylic acids is 2. The van der Waals surface area contributed by atoms with Gasteiger partial charge in [-0.15, -0.1) is 0 Å². The fraction of sp³-hybridized carbons (Fsp3) is 0.208. The Labute approximate surface area is 368 Å². The van der Waals surface area contributed by atoms with Crippen LogP contribution in [0.2, 0.25) is 15.1 Å². The van der Waals surface area contributed by atoms with Crippen molar-refractivity contribution in [1.29, 1.82) is 0 Å². The van der Waals surface area contributed by atoms with Gasteiger partial charge in [-0.05, 0) is 119 Å². The van der Waals surface area contributed by atoms with Gasteiger partial charge in [0.05, 0.1) is 10.0 Å². The van der Waals surface area contributed by atoms with Crippen molar-refractivity contribution in [2.24, 2.45) is 0 Å². The zero-order valence-electron chi connectivity index (χ0n) is 33.2. The molecule has 3 heterocycles. The smallest absolute Gasteiger partial charge is 0.326 e. The van der Waals surface area contributed by atoms with E-state index >= 15 is 0 Å². The van der Waals surface area contributed by atoms with Gasteiger partial charge in [0, 0.05) is 41.9 Å². The minimum Gasteiger partial charge on any atom is -0.489 e. The maximum absolute atomic E-state index is 14.2. The molecular weight excluding hydrogens is 837 g/mol. The number of carbonyl (C=O) groups is 3. The molecule has 0 fully saturated rings. The van der Waals surface area contributed by atoms with E-state index in [9.17, 15) is 19.5 Å². The third kappa shape index (κ3) is 9.32. The van der Waals surface area contributed by atoms with E-state index in [0.29, 0.717) is 44.5 Å².